The molecule has 0 aliphatic carbocycles. The van der Waals surface area contributed by atoms with E-state index in [2.05, 4.69) is 5.32 Å². The average molecular weight is 307 g/mol. The maximum Gasteiger partial charge on any atom is 0.311 e. The van der Waals surface area contributed by atoms with Gasteiger partial charge in [0.2, 0.25) is 0 Å². The largest absolute Gasteiger partial charge is 0.481 e. The monoisotopic (exact) mass is 307 g/mol. The number of hydrogen-bond acceptors (Lipinski definition) is 4. The van der Waals surface area contributed by atoms with Gasteiger partial charge in [-0.1, -0.05) is 0 Å². The van der Waals surface area contributed by atoms with Crippen LogP contribution in [0.15, 0.2) is 22.1 Å². The molecule has 2 heterocycles. The molecular weight excluding hydrogens is 290 g/mol. The van der Waals surface area contributed by atoms with Gasteiger partial charge in [-0.25, -0.2) is 0 Å². The van der Waals surface area contributed by atoms with Gasteiger partial charge in [-0.15, -0.1) is 11.3 Å². The molecule has 0 atom stereocenters. The molecule has 0 aromatic carbocycles. The van der Waals surface area contributed by atoms with Gasteiger partial charge in [0.15, 0.2) is 0 Å². The molecule has 0 unspecified atom stereocenters. The number of carbonyl (C=O) groups is 2. The Morgan fingerprint density at radius 1 is 1.33 bits per heavy atom. The number of rotatable bonds is 6. The lowest BCUT2D eigenvalue weighted by Gasteiger charge is -2.06. The van der Waals surface area contributed by atoms with Crippen LogP contribution in [0.2, 0.25) is 0 Å². The van der Waals surface area contributed by atoms with Gasteiger partial charge in [-0.3, -0.25) is 9.59 Å². The Morgan fingerprint density at radius 3 is 2.71 bits per heavy atom. The van der Waals surface area contributed by atoms with E-state index in [9.17, 15) is 9.59 Å². The third-order valence-electron chi connectivity index (χ3n) is 3.20. The molecule has 2 aromatic heterocycles. The van der Waals surface area contributed by atoms with Crippen molar-refractivity contribution in [1.82, 2.24) is 5.32 Å². The fourth-order valence-electron chi connectivity index (χ4n) is 2.11. The first kappa shape index (κ1) is 15.3. The second-order valence-electron chi connectivity index (χ2n) is 4.82. The Balaban J connectivity index is 1.98. The topological polar surface area (TPSA) is 79.5 Å². The highest BCUT2D eigenvalue weighted by atomic mass is 32.1. The molecule has 6 heteroatoms. The molecule has 21 heavy (non-hydrogen) atoms. The Hall–Kier alpha value is -2.08. The molecule has 1 amide bonds. The zero-order valence-electron chi connectivity index (χ0n) is 11.9. The third-order valence-corrected chi connectivity index (χ3v) is 4.28. The number of amides is 1. The van der Waals surface area contributed by atoms with E-state index in [-0.39, 0.29) is 18.1 Å². The molecule has 0 saturated carbocycles. The molecule has 2 rings (SSSR count). The first-order valence-electron chi connectivity index (χ1n) is 6.59. The molecule has 0 saturated heterocycles. The average Bonchev–Trinajstić information content (AvgIpc) is 2.96. The second-order valence-corrected chi connectivity index (χ2v) is 5.82. The second kappa shape index (κ2) is 6.58. The zero-order chi connectivity index (χ0) is 15.4. The lowest BCUT2D eigenvalue weighted by atomic mass is 10.1. The van der Waals surface area contributed by atoms with Gasteiger partial charge in [-0.05, 0) is 37.3 Å². The minimum atomic E-state index is -1.02. The fourth-order valence-corrected chi connectivity index (χ4v) is 3.02. The highest BCUT2D eigenvalue weighted by molar-refractivity contribution is 7.10. The molecule has 0 radical (unpaired) electrons. The Kier molecular flexibility index (Phi) is 4.80. The first-order chi connectivity index (χ1) is 9.99. The van der Waals surface area contributed by atoms with E-state index in [4.69, 9.17) is 9.52 Å². The molecule has 2 aromatic rings. The van der Waals surface area contributed by atoms with Crippen LogP contribution in [-0.2, 0) is 17.6 Å². The first-order valence-corrected chi connectivity index (χ1v) is 7.47. The number of nitrogens with one attached hydrogen (secondary N) is 1. The van der Waals surface area contributed by atoms with Crippen LogP contribution in [0.3, 0.4) is 0 Å². The maximum absolute atomic E-state index is 12.2. The number of hydrogen-bond donors (Lipinski definition) is 2. The highest BCUT2D eigenvalue weighted by Gasteiger charge is 2.20. The van der Waals surface area contributed by atoms with E-state index in [1.54, 1.807) is 18.3 Å². The summed E-state index contributed by atoms with van der Waals surface area (Å²) in [5, 5.41) is 13.7. The van der Waals surface area contributed by atoms with Crippen molar-refractivity contribution in [2.24, 2.45) is 0 Å². The summed E-state index contributed by atoms with van der Waals surface area (Å²) in [4.78, 5) is 24.2. The van der Waals surface area contributed by atoms with Crippen LogP contribution in [-0.4, -0.2) is 23.5 Å². The molecule has 0 aliphatic heterocycles. The maximum atomic E-state index is 12.2. The lowest BCUT2D eigenvalue weighted by molar-refractivity contribution is -0.136. The van der Waals surface area contributed by atoms with E-state index in [1.807, 2.05) is 18.4 Å². The van der Waals surface area contributed by atoms with Crippen LogP contribution in [0.5, 0.6) is 0 Å². The van der Waals surface area contributed by atoms with Crippen molar-refractivity contribution in [1.29, 1.82) is 0 Å². The van der Waals surface area contributed by atoms with Gasteiger partial charge in [0.1, 0.15) is 12.2 Å². The number of carbonyl (C=O) groups excluding carboxylic acids is 1. The van der Waals surface area contributed by atoms with Crippen LogP contribution in [0.1, 0.15) is 32.1 Å². The molecule has 0 fully saturated rings. The zero-order valence-corrected chi connectivity index (χ0v) is 12.8. The van der Waals surface area contributed by atoms with Crippen LogP contribution < -0.4 is 5.32 Å². The van der Waals surface area contributed by atoms with Crippen LogP contribution in [0.25, 0.3) is 0 Å². The van der Waals surface area contributed by atoms with Crippen LogP contribution >= 0.6 is 11.3 Å². The van der Waals surface area contributed by atoms with Crippen LogP contribution in [0, 0.1) is 13.8 Å². The van der Waals surface area contributed by atoms with Crippen molar-refractivity contribution in [3.05, 3.63) is 45.0 Å². The van der Waals surface area contributed by atoms with E-state index in [0.29, 0.717) is 17.7 Å². The van der Waals surface area contributed by atoms with Crippen molar-refractivity contribution in [2.75, 3.05) is 6.54 Å². The Labute approximate surface area is 126 Å². The minimum absolute atomic E-state index is 0.199. The summed E-state index contributed by atoms with van der Waals surface area (Å²) in [7, 11) is 0. The number of carboxylic acids is 1. The van der Waals surface area contributed by atoms with Gasteiger partial charge in [0.25, 0.3) is 5.91 Å². The summed E-state index contributed by atoms with van der Waals surface area (Å²) >= 11 is 1.67. The predicted octanol–water partition coefficient (Wildman–Crippen LogP) is 2.56. The predicted molar refractivity (Wildman–Crippen MR) is 79.9 cm³/mol. The highest BCUT2D eigenvalue weighted by Crippen LogP contribution is 2.18. The molecule has 2 N–H and O–H groups in total. The van der Waals surface area contributed by atoms with Crippen molar-refractivity contribution in [3.63, 3.8) is 0 Å². The van der Waals surface area contributed by atoms with E-state index >= 15 is 0 Å². The smallest absolute Gasteiger partial charge is 0.311 e. The minimum Gasteiger partial charge on any atom is -0.481 e. The van der Waals surface area contributed by atoms with Gasteiger partial charge in [0, 0.05) is 17.0 Å². The number of thiophene rings is 1. The summed E-state index contributed by atoms with van der Waals surface area (Å²) in [5.41, 5.74) is 2.21. The quantitative estimate of drug-likeness (QED) is 0.859. The number of carboxylic acid groups (broad SMARTS) is 1. The normalized spacial score (nSPS) is 10.6. The van der Waals surface area contributed by atoms with E-state index in [0.717, 1.165) is 6.42 Å². The van der Waals surface area contributed by atoms with Crippen molar-refractivity contribution in [2.45, 2.75) is 26.7 Å². The van der Waals surface area contributed by atoms with Crippen molar-refractivity contribution in [3.8, 4) is 0 Å². The SMILES string of the molecule is Cc1ccsc1CCNC(=O)c1c(C)coc1CC(=O)O. The van der Waals surface area contributed by atoms with E-state index in [1.165, 1.54) is 16.7 Å². The van der Waals surface area contributed by atoms with Crippen molar-refractivity contribution < 1.29 is 19.1 Å². The van der Waals surface area contributed by atoms with Crippen molar-refractivity contribution >= 4 is 23.2 Å². The summed E-state index contributed by atoms with van der Waals surface area (Å²) in [5.74, 6) is -1.11. The van der Waals surface area contributed by atoms with Gasteiger partial charge in [-0.2, -0.15) is 0 Å². The molecular formula is C15H17NO4S. The Bertz CT molecular complexity index is 656. The number of aliphatic carboxylic acids is 1. The van der Waals surface area contributed by atoms with E-state index < -0.39 is 5.97 Å². The lowest BCUT2D eigenvalue weighted by Crippen LogP contribution is -2.27. The van der Waals surface area contributed by atoms with Gasteiger partial charge < -0.3 is 14.8 Å². The summed E-state index contributed by atoms with van der Waals surface area (Å²) < 4.78 is 5.16. The Morgan fingerprint density at radius 2 is 2.10 bits per heavy atom. The van der Waals surface area contributed by atoms with Gasteiger partial charge in [0.05, 0.1) is 11.8 Å². The number of furan rings is 1. The summed E-state index contributed by atoms with van der Waals surface area (Å²) in [6.07, 6.45) is 1.89. The van der Waals surface area contributed by atoms with Crippen LogP contribution in [0.4, 0.5) is 0 Å². The summed E-state index contributed by atoms with van der Waals surface area (Å²) in [6.45, 7) is 4.28. The third kappa shape index (κ3) is 3.72. The number of aryl methyl sites for hydroxylation is 2. The van der Waals surface area contributed by atoms with Gasteiger partial charge >= 0.3 is 5.97 Å². The molecule has 0 bridgehead atoms. The summed E-state index contributed by atoms with van der Waals surface area (Å²) in [6, 6.07) is 2.05. The standard InChI is InChI=1S/C15H17NO4S/c1-9-4-6-21-12(9)3-5-16-15(19)14-10(2)8-20-11(14)7-13(17)18/h4,6,8H,3,5,7H2,1-2H3,(H,16,19)(H,17,18). The molecule has 112 valence electrons. The molecule has 0 aliphatic rings. The fraction of sp³-hybridized carbons (Fsp3) is 0.333. The molecule has 0 spiro atoms. The molecule has 5 nitrogen and oxygen atoms in total.